The lowest BCUT2D eigenvalue weighted by molar-refractivity contribution is -0.121. The number of nitrogens with zero attached hydrogens (tertiary/aromatic N) is 4. The van der Waals surface area contributed by atoms with Gasteiger partial charge in [0.15, 0.2) is 0 Å². The summed E-state index contributed by atoms with van der Waals surface area (Å²) in [5.74, 6) is 0.766. The van der Waals surface area contributed by atoms with Gasteiger partial charge in [-0.05, 0) is 43.5 Å². The van der Waals surface area contributed by atoms with Crippen molar-refractivity contribution in [3.8, 4) is 0 Å². The van der Waals surface area contributed by atoms with Crippen LogP contribution in [0, 0.1) is 0 Å². The van der Waals surface area contributed by atoms with E-state index < -0.39 is 0 Å². The number of carbonyl (C=O) groups excluding carboxylic acids is 1. The summed E-state index contributed by atoms with van der Waals surface area (Å²) in [6.07, 6.45) is 3.83. The molecule has 1 aliphatic carbocycles. The van der Waals surface area contributed by atoms with Crippen LogP contribution in [0.1, 0.15) is 43.1 Å². The first-order valence-corrected chi connectivity index (χ1v) is 12.9. The molecular formula is C28H35N5O2. The Hall–Kier alpha value is -3.03. The molecule has 2 aliphatic rings. The third-order valence-electron chi connectivity index (χ3n) is 7.06. The molecule has 0 radical (unpaired) electrons. The molecule has 3 aromatic rings. The van der Waals surface area contributed by atoms with Gasteiger partial charge < -0.3 is 10.2 Å². The first-order valence-electron chi connectivity index (χ1n) is 12.9. The molecule has 1 saturated carbocycles. The molecule has 2 fully saturated rings. The molecule has 1 aliphatic heterocycles. The zero-order valence-corrected chi connectivity index (χ0v) is 20.4. The van der Waals surface area contributed by atoms with Crippen LogP contribution in [0.15, 0.2) is 59.4 Å². The van der Waals surface area contributed by atoms with Gasteiger partial charge in [0.05, 0.1) is 10.9 Å². The number of hydrogen-bond acceptors (Lipinski definition) is 5. The zero-order chi connectivity index (χ0) is 24.0. The summed E-state index contributed by atoms with van der Waals surface area (Å²) in [7, 11) is 0. The standard InChI is InChI=1S/C28H35N5O2/c34-27(14-13-26-30-25-10-5-4-9-24(25)28(35)33(26)23-11-12-23)29-15-6-16-31-17-19-32(20-18-31)21-22-7-2-1-3-8-22/h1-5,7-10,23H,6,11-21H2,(H,29,34). The average molecular weight is 474 g/mol. The van der Waals surface area contributed by atoms with Gasteiger partial charge in [-0.1, -0.05) is 42.5 Å². The number of carbonyl (C=O) groups is 1. The maximum Gasteiger partial charge on any atom is 0.261 e. The molecule has 0 spiro atoms. The fourth-order valence-electron chi connectivity index (χ4n) is 4.93. The highest BCUT2D eigenvalue weighted by molar-refractivity contribution is 5.78. The van der Waals surface area contributed by atoms with Crippen LogP contribution in [0.5, 0.6) is 0 Å². The predicted octanol–water partition coefficient (Wildman–Crippen LogP) is 2.99. The van der Waals surface area contributed by atoms with Crippen LogP contribution in [-0.4, -0.2) is 64.5 Å². The molecule has 0 unspecified atom stereocenters. The number of para-hydroxylation sites is 1. The summed E-state index contributed by atoms with van der Waals surface area (Å²) in [6.45, 7) is 7.04. The van der Waals surface area contributed by atoms with Crippen molar-refractivity contribution in [3.05, 3.63) is 76.3 Å². The Morgan fingerprint density at radius 1 is 0.943 bits per heavy atom. The molecule has 1 aromatic heterocycles. The number of nitrogens with one attached hydrogen (secondary N) is 1. The van der Waals surface area contributed by atoms with Crippen molar-refractivity contribution in [2.75, 3.05) is 39.3 Å². The van der Waals surface area contributed by atoms with E-state index in [0.29, 0.717) is 30.3 Å². The van der Waals surface area contributed by atoms with Gasteiger partial charge in [0, 0.05) is 58.2 Å². The number of aryl methyl sites for hydroxylation is 1. The van der Waals surface area contributed by atoms with Gasteiger partial charge in [-0.3, -0.25) is 19.1 Å². The molecule has 2 heterocycles. The molecule has 1 amide bonds. The maximum atomic E-state index is 13.0. The summed E-state index contributed by atoms with van der Waals surface area (Å²) in [4.78, 5) is 35.2. The highest BCUT2D eigenvalue weighted by Gasteiger charge is 2.28. The third-order valence-corrected chi connectivity index (χ3v) is 7.06. The van der Waals surface area contributed by atoms with Crippen molar-refractivity contribution in [2.24, 2.45) is 0 Å². The van der Waals surface area contributed by atoms with Crippen LogP contribution in [0.4, 0.5) is 0 Å². The number of hydrogen-bond donors (Lipinski definition) is 1. The quantitative estimate of drug-likeness (QED) is 0.459. The molecule has 0 atom stereocenters. The molecule has 1 saturated heterocycles. The topological polar surface area (TPSA) is 70.5 Å². The largest absolute Gasteiger partial charge is 0.356 e. The number of fused-ring (bicyclic) bond motifs is 1. The van der Waals surface area contributed by atoms with Gasteiger partial charge in [-0.25, -0.2) is 4.98 Å². The molecular weight excluding hydrogens is 438 g/mol. The lowest BCUT2D eigenvalue weighted by atomic mass is 10.2. The van der Waals surface area contributed by atoms with Crippen molar-refractivity contribution >= 4 is 16.8 Å². The summed E-state index contributed by atoms with van der Waals surface area (Å²) in [5.41, 5.74) is 2.11. The van der Waals surface area contributed by atoms with Gasteiger partial charge >= 0.3 is 0 Å². The van der Waals surface area contributed by atoms with Crippen LogP contribution in [-0.2, 0) is 17.8 Å². The SMILES string of the molecule is O=C(CCc1nc2ccccc2c(=O)n1C1CC1)NCCCN1CCN(Cc2ccccc2)CC1. The lowest BCUT2D eigenvalue weighted by Crippen LogP contribution is -2.46. The maximum absolute atomic E-state index is 13.0. The highest BCUT2D eigenvalue weighted by Crippen LogP contribution is 2.34. The van der Waals surface area contributed by atoms with Crippen molar-refractivity contribution in [2.45, 2.75) is 44.7 Å². The first kappa shape index (κ1) is 23.7. The smallest absolute Gasteiger partial charge is 0.261 e. The van der Waals surface area contributed by atoms with E-state index >= 15 is 0 Å². The van der Waals surface area contributed by atoms with Crippen LogP contribution >= 0.6 is 0 Å². The van der Waals surface area contributed by atoms with Gasteiger partial charge in [0.25, 0.3) is 5.56 Å². The molecule has 7 heteroatoms. The van der Waals surface area contributed by atoms with Crippen molar-refractivity contribution in [1.82, 2.24) is 24.7 Å². The Morgan fingerprint density at radius 3 is 2.43 bits per heavy atom. The summed E-state index contributed by atoms with van der Waals surface area (Å²) >= 11 is 0. The van der Waals surface area contributed by atoms with Crippen molar-refractivity contribution < 1.29 is 4.79 Å². The Labute approximate surface area is 206 Å². The first-order chi connectivity index (χ1) is 17.2. The van der Waals surface area contributed by atoms with E-state index in [-0.39, 0.29) is 17.5 Å². The zero-order valence-electron chi connectivity index (χ0n) is 20.4. The Bertz CT molecular complexity index is 1200. The number of rotatable bonds is 10. The number of amides is 1. The lowest BCUT2D eigenvalue weighted by Gasteiger charge is -2.34. The molecule has 5 rings (SSSR count). The number of piperazine rings is 1. The number of aromatic nitrogens is 2. The predicted molar refractivity (Wildman–Crippen MR) is 138 cm³/mol. The van der Waals surface area contributed by atoms with Gasteiger partial charge in [-0.2, -0.15) is 0 Å². The molecule has 1 N–H and O–H groups in total. The van der Waals surface area contributed by atoms with Gasteiger partial charge in [0.1, 0.15) is 5.82 Å². The molecule has 2 aromatic carbocycles. The van der Waals surface area contributed by atoms with E-state index in [1.807, 2.05) is 28.8 Å². The second kappa shape index (κ2) is 11.1. The normalized spacial score (nSPS) is 17.0. The molecule has 0 bridgehead atoms. The van der Waals surface area contributed by atoms with E-state index in [2.05, 4.69) is 45.4 Å². The second-order valence-corrected chi connectivity index (χ2v) is 9.76. The summed E-state index contributed by atoms with van der Waals surface area (Å²) in [5, 5.41) is 3.72. The minimum Gasteiger partial charge on any atom is -0.356 e. The van der Waals surface area contributed by atoms with Gasteiger partial charge in [-0.15, -0.1) is 0 Å². The molecule has 7 nitrogen and oxygen atoms in total. The Morgan fingerprint density at radius 2 is 1.66 bits per heavy atom. The van der Waals surface area contributed by atoms with E-state index in [9.17, 15) is 9.59 Å². The van der Waals surface area contributed by atoms with E-state index in [4.69, 9.17) is 4.98 Å². The monoisotopic (exact) mass is 473 g/mol. The summed E-state index contributed by atoms with van der Waals surface area (Å²) < 4.78 is 1.83. The fourth-order valence-corrected chi connectivity index (χ4v) is 4.93. The Kier molecular flexibility index (Phi) is 7.54. The van der Waals surface area contributed by atoms with Crippen LogP contribution in [0.2, 0.25) is 0 Å². The average Bonchev–Trinajstić information content (AvgIpc) is 3.72. The van der Waals surface area contributed by atoms with Crippen LogP contribution in [0.3, 0.4) is 0 Å². The summed E-state index contributed by atoms with van der Waals surface area (Å²) in [6, 6.07) is 18.4. The molecule has 35 heavy (non-hydrogen) atoms. The van der Waals surface area contributed by atoms with Crippen LogP contribution < -0.4 is 10.9 Å². The fraction of sp³-hybridized carbons (Fsp3) is 0.464. The number of benzene rings is 2. The van der Waals surface area contributed by atoms with Gasteiger partial charge in [0.2, 0.25) is 5.91 Å². The second-order valence-electron chi connectivity index (χ2n) is 9.76. The van der Waals surface area contributed by atoms with E-state index in [1.54, 1.807) is 0 Å². The van der Waals surface area contributed by atoms with E-state index in [1.165, 1.54) is 5.56 Å². The van der Waals surface area contributed by atoms with Crippen LogP contribution in [0.25, 0.3) is 10.9 Å². The van der Waals surface area contributed by atoms with Crippen molar-refractivity contribution in [3.63, 3.8) is 0 Å². The minimum absolute atomic E-state index is 0.0253. The third kappa shape index (κ3) is 6.16. The highest BCUT2D eigenvalue weighted by atomic mass is 16.1. The van der Waals surface area contributed by atoms with E-state index in [0.717, 1.165) is 64.4 Å². The Balaban J connectivity index is 1.03. The minimum atomic E-state index is 0.0253. The molecule has 184 valence electrons. The van der Waals surface area contributed by atoms with Crippen molar-refractivity contribution in [1.29, 1.82) is 0 Å².